The maximum Gasteiger partial charge on any atom is 0.179 e. The van der Waals surface area contributed by atoms with E-state index in [0.717, 1.165) is 0 Å². The van der Waals surface area contributed by atoms with Crippen molar-refractivity contribution in [2.24, 2.45) is 11.8 Å². The van der Waals surface area contributed by atoms with Crippen LogP contribution in [0.1, 0.15) is 27.7 Å². The quantitative estimate of drug-likeness (QED) is 0.599. The Balaban J connectivity index is 4.08. The first-order valence-corrected chi connectivity index (χ1v) is 3.56. The van der Waals surface area contributed by atoms with Gasteiger partial charge >= 0.3 is 0 Å². The number of rotatable bonds is 3. The second-order valence-electron chi connectivity index (χ2n) is 3.02. The fourth-order valence-electron chi connectivity index (χ4n) is 0.644. The molecule has 0 aliphatic rings. The highest BCUT2D eigenvalue weighted by Crippen LogP contribution is 2.10. The average molecular weight is 141 g/mol. The molecule has 2 heteroatoms. The molecule has 0 saturated heterocycles. The molecular formula is C8H15NO. The Hall–Kier alpha value is -0.660. The maximum absolute atomic E-state index is 11.1. The number of carbonyl (C=O) groups excluding carboxylic acids is 1. The van der Waals surface area contributed by atoms with Gasteiger partial charge in [0.15, 0.2) is 5.78 Å². The highest BCUT2D eigenvalue weighted by atomic mass is 16.1. The third-order valence-corrected chi connectivity index (χ3v) is 1.78. The Morgan fingerprint density at radius 1 is 1.30 bits per heavy atom. The number of hydrogen-bond donors (Lipinski definition) is 1. The van der Waals surface area contributed by atoms with Crippen molar-refractivity contribution in [2.45, 2.75) is 27.7 Å². The van der Waals surface area contributed by atoms with Crippen molar-refractivity contribution in [3.63, 3.8) is 0 Å². The summed E-state index contributed by atoms with van der Waals surface area (Å²) >= 11 is 0. The first-order valence-electron chi connectivity index (χ1n) is 3.56. The lowest BCUT2D eigenvalue weighted by Crippen LogP contribution is -2.22. The molecule has 10 heavy (non-hydrogen) atoms. The summed E-state index contributed by atoms with van der Waals surface area (Å²) in [5.74, 6) is 0.306. The van der Waals surface area contributed by atoms with Crippen LogP contribution in [0.5, 0.6) is 0 Å². The van der Waals surface area contributed by atoms with Gasteiger partial charge < -0.3 is 5.41 Å². The van der Waals surface area contributed by atoms with E-state index in [4.69, 9.17) is 5.41 Å². The standard InChI is InChI=1S/C8H15NO/c1-5(2)6(3)8(10)7(4)9/h5-6,9H,1-4H3. The predicted octanol–water partition coefficient (Wildman–Crippen LogP) is 1.89. The Morgan fingerprint density at radius 2 is 1.70 bits per heavy atom. The summed E-state index contributed by atoms with van der Waals surface area (Å²) in [5.41, 5.74) is 0.168. The van der Waals surface area contributed by atoms with Crippen LogP contribution in [0.2, 0.25) is 0 Å². The molecule has 0 aromatic heterocycles. The Morgan fingerprint density at radius 3 is 1.80 bits per heavy atom. The van der Waals surface area contributed by atoms with Crippen molar-refractivity contribution >= 4 is 11.5 Å². The second kappa shape index (κ2) is 3.49. The van der Waals surface area contributed by atoms with Gasteiger partial charge in [-0.2, -0.15) is 0 Å². The van der Waals surface area contributed by atoms with Gasteiger partial charge in [0.25, 0.3) is 0 Å². The van der Waals surface area contributed by atoms with Crippen molar-refractivity contribution < 1.29 is 4.79 Å². The minimum absolute atomic E-state index is 0.00231. The van der Waals surface area contributed by atoms with Gasteiger partial charge in [0, 0.05) is 5.92 Å². The van der Waals surface area contributed by atoms with Crippen molar-refractivity contribution in [2.75, 3.05) is 0 Å². The van der Waals surface area contributed by atoms with Gasteiger partial charge in [0.2, 0.25) is 0 Å². The highest BCUT2D eigenvalue weighted by molar-refractivity contribution is 6.38. The molecule has 1 N–H and O–H groups in total. The summed E-state index contributed by atoms with van der Waals surface area (Å²) in [6, 6.07) is 0. The lowest BCUT2D eigenvalue weighted by molar-refractivity contribution is -0.117. The van der Waals surface area contributed by atoms with Gasteiger partial charge in [-0.15, -0.1) is 0 Å². The first kappa shape index (κ1) is 9.34. The zero-order valence-corrected chi connectivity index (χ0v) is 7.06. The van der Waals surface area contributed by atoms with Crippen LogP contribution < -0.4 is 0 Å². The molecule has 2 nitrogen and oxygen atoms in total. The molecule has 0 radical (unpaired) electrons. The van der Waals surface area contributed by atoms with E-state index in [2.05, 4.69) is 0 Å². The molecule has 0 fully saturated rings. The topological polar surface area (TPSA) is 40.9 Å². The van der Waals surface area contributed by atoms with E-state index in [-0.39, 0.29) is 17.4 Å². The summed E-state index contributed by atoms with van der Waals surface area (Å²) in [5, 5.41) is 7.07. The van der Waals surface area contributed by atoms with E-state index in [0.29, 0.717) is 5.92 Å². The molecule has 0 bridgehead atoms. The number of ketones is 1. The van der Waals surface area contributed by atoms with Crippen molar-refractivity contribution in [3.05, 3.63) is 0 Å². The van der Waals surface area contributed by atoms with Crippen LogP contribution in [0.15, 0.2) is 0 Å². The molecule has 0 aliphatic carbocycles. The van der Waals surface area contributed by atoms with Gasteiger partial charge in [-0.25, -0.2) is 0 Å². The summed E-state index contributed by atoms with van der Waals surface area (Å²) < 4.78 is 0. The van der Waals surface area contributed by atoms with Gasteiger partial charge in [-0.1, -0.05) is 20.8 Å². The number of nitrogens with one attached hydrogen (secondary N) is 1. The smallest absolute Gasteiger partial charge is 0.179 e. The highest BCUT2D eigenvalue weighted by Gasteiger charge is 2.17. The second-order valence-corrected chi connectivity index (χ2v) is 3.02. The van der Waals surface area contributed by atoms with Crippen molar-refractivity contribution in [3.8, 4) is 0 Å². The van der Waals surface area contributed by atoms with E-state index in [1.807, 2.05) is 20.8 Å². The molecule has 0 amide bonds. The van der Waals surface area contributed by atoms with E-state index in [1.165, 1.54) is 0 Å². The molecule has 1 unspecified atom stereocenters. The summed E-state index contributed by atoms with van der Waals surface area (Å²) in [4.78, 5) is 11.1. The summed E-state index contributed by atoms with van der Waals surface area (Å²) in [7, 11) is 0. The fourth-order valence-corrected chi connectivity index (χ4v) is 0.644. The molecular weight excluding hydrogens is 126 g/mol. The minimum atomic E-state index is -0.0324. The van der Waals surface area contributed by atoms with Crippen LogP contribution in [-0.2, 0) is 4.79 Å². The largest absolute Gasteiger partial charge is 0.302 e. The molecule has 1 atom stereocenters. The zero-order valence-electron chi connectivity index (χ0n) is 7.06. The predicted molar refractivity (Wildman–Crippen MR) is 42.4 cm³/mol. The molecule has 0 heterocycles. The third-order valence-electron chi connectivity index (χ3n) is 1.78. The van der Waals surface area contributed by atoms with Gasteiger partial charge in [-0.3, -0.25) is 4.79 Å². The molecule has 0 saturated carbocycles. The van der Waals surface area contributed by atoms with Gasteiger partial charge in [0.05, 0.1) is 5.71 Å². The van der Waals surface area contributed by atoms with Crippen molar-refractivity contribution in [1.29, 1.82) is 5.41 Å². The molecule has 0 rings (SSSR count). The van der Waals surface area contributed by atoms with Crippen LogP contribution in [-0.4, -0.2) is 11.5 Å². The number of Topliss-reactive ketones (excluding diaryl/α,β-unsaturated/α-hetero) is 1. The Kier molecular flexibility index (Phi) is 3.26. The summed E-state index contributed by atoms with van der Waals surface area (Å²) in [6.45, 7) is 7.39. The third kappa shape index (κ3) is 2.29. The number of hydrogen-bond acceptors (Lipinski definition) is 2. The zero-order chi connectivity index (χ0) is 8.31. The maximum atomic E-state index is 11.1. The van der Waals surface area contributed by atoms with Gasteiger partial charge in [-0.05, 0) is 12.8 Å². The van der Waals surface area contributed by atoms with Crippen LogP contribution in [0, 0.1) is 17.2 Å². The van der Waals surface area contributed by atoms with Crippen LogP contribution in [0.4, 0.5) is 0 Å². The normalized spacial score (nSPS) is 13.3. The SMILES string of the molecule is CC(=N)C(=O)C(C)C(C)C. The molecule has 0 aromatic carbocycles. The molecule has 0 aromatic rings. The summed E-state index contributed by atoms with van der Waals surface area (Å²) in [6.07, 6.45) is 0. The van der Waals surface area contributed by atoms with Crippen LogP contribution in [0.25, 0.3) is 0 Å². The Labute approximate surface area is 62.1 Å². The lowest BCUT2D eigenvalue weighted by atomic mass is 9.92. The van der Waals surface area contributed by atoms with E-state index < -0.39 is 0 Å². The van der Waals surface area contributed by atoms with E-state index >= 15 is 0 Å². The average Bonchev–Trinajstić information content (AvgIpc) is 1.84. The first-order chi connectivity index (χ1) is 4.46. The molecule has 0 spiro atoms. The number of carbonyl (C=O) groups is 1. The lowest BCUT2D eigenvalue weighted by Gasteiger charge is -2.12. The monoisotopic (exact) mass is 141 g/mol. The van der Waals surface area contributed by atoms with E-state index in [1.54, 1.807) is 6.92 Å². The molecule has 0 aliphatic heterocycles. The van der Waals surface area contributed by atoms with Crippen molar-refractivity contribution in [1.82, 2.24) is 0 Å². The molecule has 58 valence electrons. The van der Waals surface area contributed by atoms with Crippen LogP contribution in [0.3, 0.4) is 0 Å². The van der Waals surface area contributed by atoms with Gasteiger partial charge in [0.1, 0.15) is 0 Å². The van der Waals surface area contributed by atoms with E-state index in [9.17, 15) is 4.79 Å². The Bertz CT molecular complexity index is 149. The van der Waals surface area contributed by atoms with Crippen LogP contribution >= 0.6 is 0 Å². The minimum Gasteiger partial charge on any atom is -0.302 e. The fraction of sp³-hybridized carbons (Fsp3) is 0.750.